The smallest absolute Gasteiger partial charge is 0.0619 e. The molecule has 0 radical (unpaired) electrons. The van der Waals surface area contributed by atoms with Gasteiger partial charge in [0.15, 0.2) is 0 Å². The first-order valence-corrected chi connectivity index (χ1v) is 5.93. The number of ether oxygens (including phenoxy) is 1. The maximum Gasteiger partial charge on any atom is 0.0619 e. The van der Waals surface area contributed by atoms with Crippen LogP contribution in [-0.2, 0) is 4.74 Å². The van der Waals surface area contributed by atoms with Crippen LogP contribution in [0.1, 0.15) is 40.0 Å². The minimum absolute atomic E-state index is 0.585. The van der Waals surface area contributed by atoms with Crippen molar-refractivity contribution in [3.8, 4) is 0 Å². The van der Waals surface area contributed by atoms with Gasteiger partial charge in [0.25, 0.3) is 0 Å². The predicted octanol–water partition coefficient (Wildman–Crippen LogP) is 2.19. The fourth-order valence-corrected chi connectivity index (χ4v) is 2.72. The molecular formula is C12H23NO. The lowest BCUT2D eigenvalue weighted by molar-refractivity contribution is 0.0655. The Kier molecular flexibility index (Phi) is 2.85. The van der Waals surface area contributed by atoms with E-state index in [1.54, 1.807) is 0 Å². The second-order valence-corrected chi connectivity index (χ2v) is 5.67. The van der Waals surface area contributed by atoms with E-state index in [4.69, 9.17) is 4.74 Å². The normalized spacial score (nSPS) is 37.9. The van der Waals surface area contributed by atoms with Gasteiger partial charge in [-0.15, -0.1) is 0 Å². The maximum absolute atomic E-state index is 5.47. The first-order valence-electron chi connectivity index (χ1n) is 5.93. The van der Waals surface area contributed by atoms with Crippen LogP contribution in [0.4, 0.5) is 0 Å². The minimum Gasteiger partial charge on any atom is -0.380 e. The zero-order chi connectivity index (χ0) is 10.2. The van der Waals surface area contributed by atoms with Gasteiger partial charge in [0.2, 0.25) is 0 Å². The van der Waals surface area contributed by atoms with Crippen molar-refractivity contribution < 1.29 is 4.74 Å². The zero-order valence-corrected chi connectivity index (χ0v) is 9.68. The standard InChI is InChI=1S/C12H23NO/c1-9(11-7-12(11,2)3)13-10-5-4-6-14-8-10/h9-11,13H,4-8H2,1-3H3/t9?,10-,11?/m0/s1. The molecule has 2 unspecified atom stereocenters. The molecule has 0 bridgehead atoms. The van der Waals surface area contributed by atoms with Crippen molar-refractivity contribution in [2.24, 2.45) is 11.3 Å². The van der Waals surface area contributed by atoms with Gasteiger partial charge in [0.05, 0.1) is 6.61 Å². The van der Waals surface area contributed by atoms with E-state index in [9.17, 15) is 0 Å². The van der Waals surface area contributed by atoms with Crippen molar-refractivity contribution in [3.63, 3.8) is 0 Å². The highest BCUT2D eigenvalue weighted by atomic mass is 16.5. The predicted molar refractivity (Wildman–Crippen MR) is 58.3 cm³/mol. The molecule has 82 valence electrons. The average molecular weight is 197 g/mol. The highest BCUT2D eigenvalue weighted by Gasteiger charge is 2.48. The molecule has 2 fully saturated rings. The SMILES string of the molecule is CC(N[C@H]1CCCOC1)C1CC1(C)C. The topological polar surface area (TPSA) is 21.3 Å². The van der Waals surface area contributed by atoms with E-state index in [-0.39, 0.29) is 0 Å². The lowest BCUT2D eigenvalue weighted by Gasteiger charge is -2.27. The van der Waals surface area contributed by atoms with Crippen molar-refractivity contribution in [1.29, 1.82) is 0 Å². The third-order valence-corrected chi connectivity index (χ3v) is 3.85. The van der Waals surface area contributed by atoms with E-state index in [0.717, 1.165) is 19.1 Å². The van der Waals surface area contributed by atoms with Gasteiger partial charge in [0, 0.05) is 18.7 Å². The summed E-state index contributed by atoms with van der Waals surface area (Å²) < 4.78 is 5.47. The van der Waals surface area contributed by atoms with Gasteiger partial charge < -0.3 is 10.1 Å². The Hall–Kier alpha value is -0.0800. The zero-order valence-electron chi connectivity index (χ0n) is 9.68. The van der Waals surface area contributed by atoms with Crippen LogP contribution < -0.4 is 5.32 Å². The molecule has 0 aromatic heterocycles. The molecule has 1 heterocycles. The maximum atomic E-state index is 5.47. The molecule has 2 aliphatic rings. The Morgan fingerprint density at radius 2 is 2.14 bits per heavy atom. The second kappa shape index (κ2) is 3.82. The molecule has 2 heteroatoms. The van der Waals surface area contributed by atoms with Crippen LogP contribution in [0.3, 0.4) is 0 Å². The lowest BCUT2D eigenvalue weighted by atomic mass is 10.0. The van der Waals surface area contributed by atoms with Crippen LogP contribution in [0, 0.1) is 11.3 Å². The van der Waals surface area contributed by atoms with Crippen LogP contribution in [0.2, 0.25) is 0 Å². The van der Waals surface area contributed by atoms with E-state index >= 15 is 0 Å². The van der Waals surface area contributed by atoms with Crippen LogP contribution in [0.5, 0.6) is 0 Å². The first kappa shape index (κ1) is 10.4. The lowest BCUT2D eigenvalue weighted by Crippen LogP contribution is -2.43. The van der Waals surface area contributed by atoms with Crippen molar-refractivity contribution in [3.05, 3.63) is 0 Å². The van der Waals surface area contributed by atoms with Crippen molar-refractivity contribution in [2.75, 3.05) is 13.2 Å². The van der Waals surface area contributed by atoms with Crippen molar-refractivity contribution in [1.82, 2.24) is 5.32 Å². The van der Waals surface area contributed by atoms with E-state index in [2.05, 4.69) is 26.1 Å². The van der Waals surface area contributed by atoms with Crippen LogP contribution in [0.25, 0.3) is 0 Å². The highest BCUT2D eigenvalue weighted by Crippen LogP contribution is 2.53. The Bertz CT molecular complexity index is 196. The van der Waals surface area contributed by atoms with Gasteiger partial charge in [-0.3, -0.25) is 0 Å². The molecule has 0 spiro atoms. The molecule has 2 rings (SSSR count). The van der Waals surface area contributed by atoms with Crippen LogP contribution in [0.15, 0.2) is 0 Å². The molecule has 0 aromatic rings. The van der Waals surface area contributed by atoms with Gasteiger partial charge in [-0.05, 0) is 37.5 Å². The first-order chi connectivity index (χ1) is 6.59. The molecule has 0 amide bonds. The summed E-state index contributed by atoms with van der Waals surface area (Å²) in [6.45, 7) is 8.94. The molecule has 1 aliphatic heterocycles. The third-order valence-electron chi connectivity index (χ3n) is 3.85. The summed E-state index contributed by atoms with van der Waals surface area (Å²) in [5.41, 5.74) is 0.585. The van der Waals surface area contributed by atoms with Gasteiger partial charge in [-0.2, -0.15) is 0 Å². The van der Waals surface area contributed by atoms with Gasteiger partial charge >= 0.3 is 0 Å². The number of hydrogen-bond donors (Lipinski definition) is 1. The summed E-state index contributed by atoms with van der Waals surface area (Å²) in [6.07, 6.45) is 3.89. The summed E-state index contributed by atoms with van der Waals surface area (Å²) in [6, 6.07) is 1.27. The Labute approximate surface area is 87.4 Å². The highest BCUT2D eigenvalue weighted by molar-refractivity contribution is 5.01. The molecule has 1 saturated heterocycles. The van der Waals surface area contributed by atoms with Crippen LogP contribution in [-0.4, -0.2) is 25.3 Å². The molecule has 14 heavy (non-hydrogen) atoms. The van der Waals surface area contributed by atoms with E-state index in [1.807, 2.05) is 0 Å². The number of nitrogens with one attached hydrogen (secondary N) is 1. The molecule has 0 aromatic carbocycles. The number of hydrogen-bond acceptors (Lipinski definition) is 2. The monoisotopic (exact) mass is 197 g/mol. The molecule has 2 nitrogen and oxygen atoms in total. The van der Waals surface area contributed by atoms with Gasteiger partial charge in [-0.25, -0.2) is 0 Å². The Balaban J connectivity index is 1.74. The average Bonchev–Trinajstić information content (AvgIpc) is 2.77. The quantitative estimate of drug-likeness (QED) is 0.749. The number of rotatable bonds is 3. The van der Waals surface area contributed by atoms with E-state index in [0.29, 0.717) is 17.5 Å². The van der Waals surface area contributed by atoms with Gasteiger partial charge in [0.1, 0.15) is 0 Å². The molecule has 1 N–H and O–H groups in total. The van der Waals surface area contributed by atoms with Gasteiger partial charge in [-0.1, -0.05) is 13.8 Å². The third kappa shape index (κ3) is 2.29. The summed E-state index contributed by atoms with van der Waals surface area (Å²) in [5.74, 6) is 0.879. The van der Waals surface area contributed by atoms with Crippen molar-refractivity contribution >= 4 is 0 Å². The largest absolute Gasteiger partial charge is 0.380 e. The Morgan fingerprint density at radius 3 is 2.64 bits per heavy atom. The van der Waals surface area contributed by atoms with Crippen molar-refractivity contribution in [2.45, 2.75) is 52.1 Å². The van der Waals surface area contributed by atoms with Crippen LogP contribution >= 0.6 is 0 Å². The fourth-order valence-electron chi connectivity index (χ4n) is 2.72. The molecule has 1 saturated carbocycles. The summed E-state index contributed by atoms with van der Waals surface area (Å²) in [7, 11) is 0. The fraction of sp³-hybridized carbons (Fsp3) is 1.00. The minimum atomic E-state index is 0.585. The van der Waals surface area contributed by atoms with E-state index < -0.39 is 0 Å². The summed E-state index contributed by atoms with van der Waals surface area (Å²) in [5, 5.41) is 3.71. The molecular weight excluding hydrogens is 174 g/mol. The van der Waals surface area contributed by atoms with E-state index in [1.165, 1.54) is 19.3 Å². The second-order valence-electron chi connectivity index (χ2n) is 5.67. The summed E-state index contributed by atoms with van der Waals surface area (Å²) in [4.78, 5) is 0. The Morgan fingerprint density at radius 1 is 1.43 bits per heavy atom. The molecule has 3 atom stereocenters. The summed E-state index contributed by atoms with van der Waals surface area (Å²) >= 11 is 0. The molecule has 1 aliphatic carbocycles.